The summed E-state index contributed by atoms with van der Waals surface area (Å²) in [6.07, 6.45) is 3.67. The summed E-state index contributed by atoms with van der Waals surface area (Å²) in [6.45, 7) is 12.3. The van der Waals surface area contributed by atoms with E-state index in [1.165, 1.54) is 11.1 Å². The van der Waals surface area contributed by atoms with Crippen molar-refractivity contribution in [3.05, 3.63) is 76.9 Å². The maximum atomic E-state index is 13.3. The third kappa shape index (κ3) is 5.42. The number of hydrogen-bond acceptors (Lipinski definition) is 5. The minimum atomic E-state index is -0.348. The van der Waals surface area contributed by atoms with Gasteiger partial charge in [0.15, 0.2) is 0 Å². The van der Waals surface area contributed by atoms with Crippen LogP contribution in [-0.4, -0.2) is 50.2 Å². The number of aryl methyl sites for hydroxylation is 2. The van der Waals surface area contributed by atoms with Crippen LogP contribution in [0.25, 0.3) is 0 Å². The Bertz CT molecular complexity index is 1100. The van der Waals surface area contributed by atoms with Crippen molar-refractivity contribution in [3.63, 3.8) is 0 Å². The number of aromatic nitrogens is 3. The van der Waals surface area contributed by atoms with Crippen LogP contribution in [0.2, 0.25) is 0 Å². The lowest BCUT2D eigenvalue weighted by atomic mass is 10.1. The lowest BCUT2D eigenvalue weighted by molar-refractivity contribution is -0.135. The fraction of sp³-hybridized carbons (Fsp3) is 0.423. The maximum Gasteiger partial charge on any atom is 0.247 e. The highest BCUT2D eigenvalue weighted by molar-refractivity contribution is 5.80. The van der Waals surface area contributed by atoms with E-state index in [0.717, 1.165) is 42.3 Å². The fourth-order valence-electron chi connectivity index (χ4n) is 4.43. The lowest BCUT2D eigenvalue weighted by Crippen LogP contribution is -2.37. The summed E-state index contributed by atoms with van der Waals surface area (Å²) < 4.78 is 7.81. The summed E-state index contributed by atoms with van der Waals surface area (Å²) in [7, 11) is 0. The van der Waals surface area contributed by atoms with Gasteiger partial charge in [-0.1, -0.05) is 13.0 Å². The van der Waals surface area contributed by atoms with Gasteiger partial charge in [-0.2, -0.15) is 5.10 Å². The molecule has 0 N–H and O–H groups in total. The van der Waals surface area contributed by atoms with E-state index in [-0.39, 0.29) is 11.9 Å². The van der Waals surface area contributed by atoms with Crippen molar-refractivity contribution >= 4 is 5.91 Å². The SMILES string of the molecule is CCN(Cc1ccncc1)Cc1ccc2c(c1)CN(C(=O)C(C)n1nc(C)cc1C)CCO2. The number of benzene rings is 1. The summed E-state index contributed by atoms with van der Waals surface area (Å²) in [4.78, 5) is 21.7. The minimum absolute atomic E-state index is 0.0657. The van der Waals surface area contributed by atoms with E-state index in [9.17, 15) is 4.79 Å². The number of ether oxygens (including phenoxy) is 1. The zero-order chi connectivity index (χ0) is 23.4. The number of amides is 1. The van der Waals surface area contributed by atoms with Crippen LogP contribution in [0.4, 0.5) is 0 Å². The molecule has 1 unspecified atom stereocenters. The van der Waals surface area contributed by atoms with Crippen LogP contribution >= 0.6 is 0 Å². The Labute approximate surface area is 196 Å². The van der Waals surface area contributed by atoms with Crippen molar-refractivity contribution in [1.29, 1.82) is 0 Å². The molecule has 4 rings (SSSR count). The van der Waals surface area contributed by atoms with Crippen molar-refractivity contribution < 1.29 is 9.53 Å². The van der Waals surface area contributed by atoms with E-state index in [0.29, 0.717) is 19.7 Å². The Balaban J connectivity index is 1.48. The normalized spacial score (nSPS) is 14.5. The van der Waals surface area contributed by atoms with Crippen LogP contribution in [0.15, 0.2) is 48.8 Å². The molecule has 3 heterocycles. The van der Waals surface area contributed by atoms with Crippen LogP contribution < -0.4 is 4.74 Å². The molecule has 33 heavy (non-hydrogen) atoms. The number of fused-ring (bicyclic) bond motifs is 1. The van der Waals surface area contributed by atoms with Gasteiger partial charge < -0.3 is 9.64 Å². The summed E-state index contributed by atoms with van der Waals surface area (Å²) in [6, 6.07) is 12.1. The lowest BCUT2D eigenvalue weighted by Gasteiger charge is -2.25. The zero-order valence-electron chi connectivity index (χ0n) is 20.0. The third-order valence-corrected chi connectivity index (χ3v) is 6.19. The number of hydrogen-bond donors (Lipinski definition) is 0. The standard InChI is InChI=1S/C26H33N5O2/c1-5-29(16-22-8-10-27-11-9-22)17-23-6-7-25-24(15-23)18-30(12-13-33-25)26(32)21(4)31-20(3)14-19(2)28-31/h6-11,14-15,21H,5,12-13,16-18H2,1-4H3. The van der Waals surface area contributed by atoms with Gasteiger partial charge in [0.05, 0.1) is 12.2 Å². The van der Waals surface area contributed by atoms with Gasteiger partial charge in [0.25, 0.3) is 0 Å². The molecule has 1 atom stereocenters. The minimum Gasteiger partial charge on any atom is -0.491 e. The van der Waals surface area contributed by atoms with Crippen LogP contribution in [0, 0.1) is 13.8 Å². The fourth-order valence-corrected chi connectivity index (χ4v) is 4.43. The number of carbonyl (C=O) groups excluding carboxylic acids is 1. The van der Waals surface area contributed by atoms with E-state index in [4.69, 9.17) is 4.74 Å². The second-order valence-electron chi connectivity index (χ2n) is 8.76. The molecule has 1 aromatic carbocycles. The van der Waals surface area contributed by atoms with Crippen molar-refractivity contribution in [3.8, 4) is 5.75 Å². The summed E-state index contributed by atoms with van der Waals surface area (Å²) in [5.74, 6) is 0.931. The van der Waals surface area contributed by atoms with Crippen LogP contribution in [-0.2, 0) is 24.4 Å². The highest BCUT2D eigenvalue weighted by Gasteiger charge is 2.26. The molecule has 0 aliphatic carbocycles. The average Bonchev–Trinajstić information content (AvgIpc) is 3.02. The molecule has 7 nitrogen and oxygen atoms in total. The molecule has 0 bridgehead atoms. The van der Waals surface area contributed by atoms with E-state index in [1.54, 1.807) is 0 Å². The topological polar surface area (TPSA) is 63.5 Å². The van der Waals surface area contributed by atoms with Gasteiger partial charge in [-0.25, -0.2) is 0 Å². The molecule has 0 saturated carbocycles. The zero-order valence-corrected chi connectivity index (χ0v) is 20.0. The van der Waals surface area contributed by atoms with Crippen molar-refractivity contribution in [2.75, 3.05) is 19.7 Å². The Kier molecular flexibility index (Phi) is 7.08. The quantitative estimate of drug-likeness (QED) is 0.550. The molecule has 0 saturated heterocycles. The number of pyridine rings is 1. The summed E-state index contributed by atoms with van der Waals surface area (Å²) in [5, 5.41) is 4.51. The molecule has 0 radical (unpaired) electrons. The maximum absolute atomic E-state index is 13.3. The molecule has 3 aromatic rings. The van der Waals surface area contributed by atoms with Gasteiger partial charge in [0.2, 0.25) is 5.91 Å². The molecule has 174 valence electrons. The number of rotatable bonds is 7. The molecular weight excluding hydrogens is 414 g/mol. The Morgan fingerprint density at radius 2 is 1.88 bits per heavy atom. The molecule has 2 aromatic heterocycles. The average molecular weight is 448 g/mol. The van der Waals surface area contributed by atoms with Crippen molar-refractivity contribution in [1.82, 2.24) is 24.6 Å². The first-order chi connectivity index (χ1) is 15.9. The first-order valence-electron chi connectivity index (χ1n) is 11.6. The second-order valence-corrected chi connectivity index (χ2v) is 8.76. The van der Waals surface area contributed by atoms with Crippen molar-refractivity contribution in [2.24, 2.45) is 0 Å². The summed E-state index contributed by atoms with van der Waals surface area (Å²) in [5.41, 5.74) is 5.44. The largest absolute Gasteiger partial charge is 0.491 e. The Morgan fingerprint density at radius 3 is 2.58 bits per heavy atom. The molecule has 0 spiro atoms. The summed E-state index contributed by atoms with van der Waals surface area (Å²) >= 11 is 0. The van der Waals surface area contributed by atoms with E-state index < -0.39 is 0 Å². The molecule has 1 aliphatic heterocycles. The van der Waals surface area contributed by atoms with Crippen LogP contribution in [0.1, 0.15) is 48.0 Å². The number of nitrogens with zero attached hydrogens (tertiary/aromatic N) is 5. The molecule has 1 aliphatic rings. The van der Waals surface area contributed by atoms with Gasteiger partial charge in [-0.05, 0) is 68.8 Å². The van der Waals surface area contributed by atoms with Gasteiger partial charge in [-0.3, -0.25) is 19.4 Å². The number of carbonyl (C=O) groups is 1. The van der Waals surface area contributed by atoms with Crippen molar-refractivity contribution in [2.45, 2.75) is 53.4 Å². The monoisotopic (exact) mass is 447 g/mol. The predicted octanol–water partition coefficient (Wildman–Crippen LogP) is 3.90. The molecular formula is C26H33N5O2. The van der Waals surface area contributed by atoms with Crippen LogP contribution in [0.3, 0.4) is 0 Å². The second kappa shape index (κ2) is 10.2. The molecule has 1 amide bonds. The van der Waals surface area contributed by atoms with E-state index in [2.05, 4.69) is 46.2 Å². The van der Waals surface area contributed by atoms with E-state index in [1.807, 2.05) is 54.9 Å². The van der Waals surface area contributed by atoms with Gasteiger partial charge in [-0.15, -0.1) is 0 Å². The Morgan fingerprint density at radius 1 is 1.12 bits per heavy atom. The molecule has 7 heteroatoms. The third-order valence-electron chi connectivity index (χ3n) is 6.19. The molecule has 0 fully saturated rings. The highest BCUT2D eigenvalue weighted by atomic mass is 16.5. The Hall–Kier alpha value is -3.19. The van der Waals surface area contributed by atoms with Crippen LogP contribution in [0.5, 0.6) is 5.75 Å². The van der Waals surface area contributed by atoms with E-state index >= 15 is 0 Å². The van der Waals surface area contributed by atoms with Gasteiger partial charge in [0, 0.05) is 43.3 Å². The smallest absolute Gasteiger partial charge is 0.247 e. The van der Waals surface area contributed by atoms with Gasteiger partial charge in [0.1, 0.15) is 18.4 Å². The first-order valence-corrected chi connectivity index (χ1v) is 11.6. The first kappa shape index (κ1) is 23.0. The van der Waals surface area contributed by atoms with Gasteiger partial charge >= 0.3 is 0 Å². The highest BCUT2D eigenvalue weighted by Crippen LogP contribution is 2.27. The predicted molar refractivity (Wildman–Crippen MR) is 128 cm³/mol.